The van der Waals surface area contributed by atoms with Crippen LogP contribution in [0.4, 0.5) is 15.9 Å². The molecule has 1 atom stereocenters. The van der Waals surface area contributed by atoms with E-state index in [1.54, 1.807) is 15.9 Å². The van der Waals surface area contributed by atoms with E-state index in [2.05, 4.69) is 32.4 Å². The first-order valence-corrected chi connectivity index (χ1v) is 13.0. The molecule has 0 aliphatic carbocycles. The van der Waals surface area contributed by atoms with Crippen LogP contribution in [0.3, 0.4) is 0 Å². The number of nitrogens with zero attached hydrogens (tertiary/aromatic N) is 5. The summed E-state index contributed by atoms with van der Waals surface area (Å²) in [6.45, 7) is 10.9. The molecule has 0 radical (unpaired) electrons. The molecule has 9 nitrogen and oxygen atoms in total. The second-order valence-electron chi connectivity index (χ2n) is 10.6. The van der Waals surface area contributed by atoms with E-state index < -0.39 is 5.82 Å². The molecule has 2 amide bonds. The summed E-state index contributed by atoms with van der Waals surface area (Å²) in [5, 5.41) is 0.0289. The lowest BCUT2D eigenvalue weighted by Gasteiger charge is -2.46. The number of hydrogen-bond acceptors (Lipinski definition) is 7. The maximum atomic E-state index is 15.1. The van der Waals surface area contributed by atoms with E-state index >= 15 is 4.39 Å². The third kappa shape index (κ3) is 4.35. The number of piperazine rings is 2. The molecule has 1 unspecified atom stereocenters. The van der Waals surface area contributed by atoms with Gasteiger partial charge in [0.05, 0.1) is 11.6 Å². The summed E-state index contributed by atoms with van der Waals surface area (Å²) in [4.78, 5) is 38.9. The fourth-order valence-electron chi connectivity index (χ4n) is 5.38. The average Bonchev–Trinajstić information content (AvgIpc) is 3.03. The molecule has 2 saturated heterocycles. The molecule has 0 bridgehead atoms. The van der Waals surface area contributed by atoms with Gasteiger partial charge < -0.3 is 25.2 Å². The molecule has 11 heteroatoms. The summed E-state index contributed by atoms with van der Waals surface area (Å²) >= 11 is 6.85. The Morgan fingerprint density at radius 1 is 1.26 bits per heavy atom. The fourth-order valence-corrected chi connectivity index (χ4v) is 5.67. The van der Waals surface area contributed by atoms with Crippen LogP contribution in [0.1, 0.15) is 24.2 Å². The second kappa shape index (κ2) is 9.74. The predicted octanol–water partition coefficient (Wildman–Crippen LogP) is 2.89. The molecule has 2 fully saturated rings. The third-order valence-corrected chi connectivity index (χ3v) is 8.19. The maximum absolute atomic E-state index is 15.1. The first-order chi connectivity index (χ1) is 18.0. The zero-order valence-electron chi connectivity index (χ0n) is 21.8. The lowest BCUT2D eigenvalue weighted by molar-refractivity contribution is -0.128. The Morgan fingerprint density at radius 2 is 2.03 bits per heavy atom. The van der Waals surface area contributed by atoms with Crippen LogP contribution in [0, 0.1) is 5.82 Å². The van der Waals surface area contributed by atoms with Gasteiger partial charge in [0.2, 0.25) is 5.91 Å². The Hall–Kier alpha value is -3.37. The number of anilines is 2. The summed E-state index contributed by atoms with van der Waals surface area (Å²) in [5.41, 5.74) is 6.59. The van der Waals surface area contributed by atoms with Crippen LogP contribution in [-0.4, -0.2) is 96.0 Å². The van der Waals surface area contributed by atoms with Crippen molar-refractivity contribution < 1.29 is 18.7 Å². The number of pyridine rings is 1. The van der Waals surface area contributed by atoms with Gasteiger partial charge in [-0.05, 0) is 39.1 Å². The molecule has 2 N–H and O–H groups in total. The monoisotopic (exact) mass is 542 g/mol. The first kappa shape index (κ1) is 26.2. The summed E-state index contributed by atoms with van der Waals surface area (Å²) in [6, 6.07) is 4.01. The van der Waals surface area contributed by atoms with Crippen LogP contribution in [0.5, 0.6) is 5.75 Å². The van der Waals surface area contributed by atoms with Gasteiger partial charge in [0.1, 0.15) is 34.5 Å². The highest BCUT2D eigenvalue weighted by Crippen LogP contribution is 2.45. The molecular formula is C27H32ClFN6O3. The fraction of sp³-hybridized carbons (Fsp3) is 0.444. The number of halogens is 2. The summed E-state index contributed by atoms with van der Waals surface area (Å²) in [6.07, 6.45) is 1.27. The molecule has 1 aromatic heterocycles. The van der Waals surface area contributed by atoms with Crippen molar-refractivity contribution in [2.75, 3.05) is 63.6 Å². The van der Waals surface area contributed by atoms with Gasteiger partial charge in [-0.1, -0.05) is 24.2 Å². The molecule has 3 aliphatic heterocycles. The zero-order valence-corrected chi connectivity index (χ0v) is 22.6. The van der Waals surface area contributed by atoms with Gasteiger partial charge in [-0.25, -0.2) is 9.37 Å². The maximum Gasteiger partial charge on any atom is 0.261 e. The van der Waals surface area contributed by atoms with Crippen molar-refractivity contribution in [2.24, 2.45) is 0 Å². The van der Waals surface area contributed by atoms with Crippen molar-refractivity contribution in [3.8, 4) is 17.0 Å². The smallest absolute Gasteiger partial charge is 0.261 e. The highest BCUT2D eigenvalue weighted by atomic mass is 35.5. The summed E-state index contributed by atoms with van der Waals surface area (Å²) in [7, 11) is 2.06. The van der Waals surface area contributed by atoms with Crippen LogP contribution in [-0.2, 0) is 4.79 Å². The highest BCUT2D eigenvalue weighted by molar-refractivity contribution is 6.35. The second-order valence-corrected chi connectivity index (χ2v) is 11.0. The van der Waals surface area contributed by atoms with E-state index in [-0.39, 0.29) is 63.3 Å². The molecule has 38 heavy (non-hydrogen) atoms. The number of nitrogens with two attached hydrogens (primary N) is 1. The Morgan fingerprint density at radius 3 is 2.71 bits per heavy atom. The normalized spacial score (nSPS) is 21.3. The van der Waals surface area contributed by atoms with Crippen molar-refractivity contribution in [1.82, 2.24) is 19.7 Å². The van der Waals surface area contributed by atoms with Gasteiger partial charge in [-0.15, -0.1) is 0 Å². The minimum Gasteiger partial charge on any atom is -0.489 e. The number of carbonyl (C=O) groups excluding carboxylic acids is 2. The van der Waals surface area contributed by atoms with Crippen molar-refractivity contribution >= 4 is 34.9 Å². The summed E-state index contributed by atoms with van der Waals surface area (Å²) < 4.78 is 21.3. The lowest BCUT2D eigenvalue weighted by atomic mass is 9.98. The SMILES string of the molecule is C=CC(=O)N1CCN2C(=O)c3c(N4CCN(C)C(C)(C)C4)nc(-c4c(N)cccc4F)c(Cl)c3OCC2C1. The minimum absolute atomic E-state index is 0.0289. The molecule has 5 rings (SSSR count). The number of amides is 2. The van der Waals surface area contributed by atoms with Crippen LogP contribution >= 0.6 is 11.6 Å². The van der Waals surface area contributed by atoms with Gasteiger partial charge in [0.25, 0.3) is 5.91 Å². The average molecular weight is 543 g/mol. The van der Waals surface area contributed by atoms with Gasteiger partial charge in [-0.2, -0.15) is 0 Å². The molecule has 202 valence electrons. The Labute approximate surface area is 226 Å². The number of fused-ring (bicyclic) bond motifs is 2. The number of benzene rings is 1. The first-order valence-electron chi connectivity index (χ1n) is 12.6. The molecule has 0 spiro atoms. The summed E-state index contributed by atoms with van der Waals surface area (Å²) in [5.74, 6) is -0.496. The number of carbonyl (C=O) groups is 2. The number of aromatic nitrogens is 1. The van der Waals surface area contributed by atoms with Crippen molar-refractivity contribution in [3.63, 3.8) is 0 Å². The van der Waals surface area contributed by atoms with E-state index in [1.165, 1.54) is 18.2 Å². The van der Waals surface area contributed by atoms with Crippen LogP contribution in [0.2, 0.25) is 5.02 Å². The number of ether oxygens (including phenoxy) is 1. The highest BCUT2D eigenvalue weighted by Gasteiger charge is 2.42. The Balaban J connectivity index is 1.67. The van der Waals surface area contributed by atoms with Crippen LogP contribution in [0.15, 0.2) is 30.9 Å². The van der Waals surface area contributed by atoms with Gasteiger partial charge in [-0.3, -0.25) is 14.5 Å². The van der Waals surface area contributed by atoms with E-state index in [4.69, 9.17) is 27.1 Å². The minimum atomic E-state index is -0.569. The third-order valence-electron chi connectivity index (χ3n) is 7.84. The number of rotatable bonds is 3. The standard InChI is InChI=1S/C27H32ClFN6O3/c1-5-19(36)33-11-12-35-16(13-33)14-38-24-21(26(35)37)25(34-10-9-32(4)27(2,3)15-34)31-23(22(24)28)20-17(29)7-6-8-18(20)30/h5-8,16H,1,9-15,30H2,2-4H3. The van der Waals surface area contributed by atoms with Crippen LogP contribution < -0.4 is 15.4 Å². The molecule has 3 aliphatic rings. The van der Waals surface area contributed by atoms with E-state index in [1.807, 2.05) is 4.90 Å². The van der Waals surface area contributed by atoms with Crippen molar-refractivity contribution in [1.29, 1.82) is 0 Å². The predicted molar refractivity (Wildman–Crippen MR) is 145 cm³/mol. The lowest BCUT2D eigenvalue weighted by Crippen LogP contribution is -2.59. The number of nitrogen functional groups attached to an aromatic ring is 1. The van der Waals surface area contributed by atoms with Crippen LogP contribution in [0.25, 0.3) is 11.3 Å². The largest absolute Gasteiger partial charge is 0.489 e. The molecule has 0 saturated carbocycles. The van der Waals surface area contributed by atoms with E-state index in [0.717, 1.165) is 6.54 Å². The molecular weight excluding hydrogens is 511 g/mol. The van der Waals surface area contributed by atoms with Gasteiger partial charge in [0, 0.05) is 50.5 Å². The number of hydrogen-bond donors (Lipinski definition) is 1. The topological polar surface area (TPSA) is 95.2 Å². The Bertz CT molecular complexity index is 1300. The molecule has 1 aromatic carbocycles. The van der Waals surface area contributed by atoms with Gasteiger partial charge >= 0.3 is 0 Å². The van der Waals surface area contributed by atoms with Gasteiger partial charge in [0.15, 0.2) is 5.75 Å². The molecule has 4 heterocycles. The Kier molecular flexibility index (Phi) is 6.73. The van der Waals surface area contributed by atoms with E-state index in [0.29, 0.717) is 38.5 Å². The van der Waals surface area contributed by atoms with Crippen molar-refractivity contribution in [3.05, 3.63) is 47.3 Å². The van der Waals surface area contributed by atoms with E-state index in [9.17, 15) is 9.59 Å². The van der Waals surface area contributed by atoms with Crippen molar-refractivity contribution in [2.45, 2.75) is 25.4 Å². The molecule has 2 aromatic rings. The quantitative estimate of drug-likeness (QED) is 0.471. The zero-order chi connectivity index (χ0) is 27.4. The number of likely N-dealkylation sites (N-methyl/N-ethyl adjacent to an activating group) is 1.